The number of nitrogens with one attached hydrogen (secondary N) is 1. The van der Waals surface area contributed by atoms with Crippen molar-refractivity contribution in [2.24, 2.45) is 0 Å². The van der Waals surface area contributed by atoms with Crippen LogP contribution in [0.3, 0.4) is 0 Å². The number of aryl methyl sites for hydroxylation is 1. The van der Waals surface area contributed by atoms with Gasteiger partial charge in [-0.05, 0) is 41.8 Å². The van der Waals surface area contributed by atoms with Gasteiger partial charge in [0, 0.05) is 31.2 Å². The molecule has 3 nitrogen and oxygen atoms in total. The molecular weight excluding hydrogens is 436 g/mol. The number of nitrogens with zero attached hydrogens (tertiary/aromatic N) is 1. The van der Waals surface area contributed by atoms with Crippen LogP contribution in [0.5, 0.6) is 5.75 Å². The minimum absolute atomic E-state index is 0. The Morgan fingerprint density at radius 1 is 1.04 bits per heavy atom. The monoisotopic (exact) mass is 456 g/mol. The van der Waals surface area contributed by atoms with Gasteiger partial charge >= 0.3 is 6.36 Å². The first-order valence-electron chi connectivity index (χ1n) is 8.40. The van der Waals surface area contributed by atoms with Gasteiger partial charge < -0.3 is 10.1 Å². The standard InChI is InChI=1S/C19H20ClF3N2O.2ClH/c1-13-3-2-4-16(20)17(13)18(25-11-9-24-10-12-25)14-5-7-15(8-6-14)26-19(21,22)23;;/h2-8,18,24H,9-12H2,1H3;2*1H/t18-;;/m0../s1. The lowest BCUT2D eigenvalue weighted by Crippen LogP contribution is -2.45. The summed E-state index contributed by atoms with van der Waals surface area (Å²) in [6.07, 6.45) is -4.70. The van der Waals surface area contributed by atoms with Gasteiger partial charge in [0.2, 0.25) is 0 Å². The smallest absolute Gasteiger partial charge is 0.406 e. The quantitative estimate of drug-likeness (QED) is 0.667. The second-order valence-electron chi connectivity index (χ2n) is 6.28. The molecule has 0 aromatic heterocycles. The summed E-state index contributed by atoms with van der Waals surface area (Å²) in [5, 5.41) is 3.97. The highest BCUT2D eigenvalue weighted by Crippen LogP contribution is 2.36. The van der Waals surface area contributed by atoms with E-state index in [0.29, 0.717) is 5.02 Å². The molecule has 28 heavy (non-hydrogen) atoms. The molecule has 1 aliphatic rings. The van der Waals surface area contributed by atoms with E-state index in [1.54, 1.807) is 12.1 Å². The molecule has 0 radical (unpaired) electrons. The largest absolute Gasteiger partial charge is 0.573 e. The summed E-state index contributed by atoms with van der Waals surface area (Å²) in [6, 6.07) is 11.7. The molecule has 1 N–H and O–H groups in total. The van der Waals surface area contributed by atoms with Gasteiger partial charge in [-0.3, -0.25) is 4.90 Å². The average molecular weight is 458 g/mol. The predicted molar refractivity (Wildman–Crippen MR) is 110 cm³/mol. The summed E-state index contributed by atoms with van der Waals surface area (Å²) in [6.45, 7) is 5.37. The number of alkyl halides is 3. The first-order chi connectivity index (χ1) is 12.3. The second-order valence-corrected chi connectivity index (χ2v) is 6.68. The van der Waals surface area contributed by atoms with Gasteiger partial charge in [0.1, 0.15) is 5.75 Å². The van der Waals surface area contributed by atoms with Crippen LogP contribution in [0.2, 0.25) is 5.02 Å². The minimum Gasteiger partial charge on any atom is -0.406 e. The van der Waals surface area contributed by atoms with Crippen molar-refractivity contribution in [2.45, 2.75) is 19.3 Å². The summed E-state index contributed by atoms with van der Waals surface area (Å²) in [5.74, 6) is -0.226. The van der Waals surface area contributed by atoms with Gasteiger partial charge in [-0.15, -0.1) is 38.0 Å². The maximum absolute atomic E-state index is 12.4. The first-order valence-corrected chi connectivity index (χ1v) is 8.78. The molecule has 1 atom stereocenters. The molecule has 1 heterocycles. The van der Waals surface area contributed by atoms with Crippen molar-refractivity contribution in [1.82, 2.24) is 10.2 Å². The van der Waals surface area contributed by atoms with Crippen molar-refractivity contribution >= 4 is 36.4 Å². The van der Waals surface area contributed by atoms with E-state index in [2.05, 4.69) is 15.0 Å². The molecule has 0 unspecified atom stereocenters. The van der Waals surface area contributed by atoms with E-state index in [0.717, 1.165) is 42.9 Å². The summed E-state index contributed by atoms with van der Waals surface area (Å²) in [7, 11) is 0. The molecule has 2 aromatic carbocycles. The van der Waals surface area contributed by atoms with Crippen LogP contribution in [0.25, 0.3) is 0 Å². The maximum Gasteiger partial charge on any atom is 0.573 e. The number of benzene rings is 2. The summed E-state index contributed by atoms with van der Waals surface area (Å²) >= 11 is 6.50. The summed E-state index contributed by atoms with van der Waals surface area (Å²) in [5.41, 5.74) is 2.93. The number of halogens is 6. The lowest BCUT2D eigenvalue weighted by molar-refractivity contribution is -0.274. The zero-order valence-corrected chi connectivity index (χ0v) is 17.5. The Hall–Kier alpha value is -1.18. The van der Waals surface area contributed by atoms with Crippen LogP contribution in [0.4, 0.5) is 13.2 Å². The molecule has 0 amide bonds. The van der Waals surface area contributed by atoms with Gasteiger partial charge in [-0.25, -0.2) is 0 Å². The molecule has 1 aliphatic heterocycles. The zero-order valence-electron chi connectivity index (χ0n) is 15.1. The van der Waals surface area contributed by atoms with Gasteiger partial charge in [0.05, 0.1) is 6.04 Å². The van der Waals surface area contributed by atoms with Crippen molar-refractivity contribution in [1.29, 1.82) is 0 Å². The minimum atomic E-state index is -4.70. The molecule has 3 rings (SSSR count). The zero-order chi connectivity index (χ0) is 18.7. The highest BCUT2D eigenvalue weighted by molar-refractivity contribution is 6.31. The van der Waals surface area contributed by atoms with Crippen LogP contribution in [0, 0.1) is 6.92 Å². The van der Waals surface area contributed by atoms with E-state index in [-0.39, 0.29) is 36.6 Å². The normalized spacial score (nSPS) is 15.9. The third-order valence-electron chi connectivity index (χ3n) is 4.49. The van der Waals surface area contributed by atoms with Gasteiger partial charge in [0.25, 0.3) is 0 Å². The third kappa shape index (κ3) is 6.16. The SMILES string of the molecule is Cc1cccc(Cl)c1[C@H](c1ccc(OC(F)(F)F)cc1)N1CCNCC1.Cl.Cl. The topological polar surface area (TPSA) is 24.5 Å². The van der Waals surface area contributed by atoms with Gasteiger partial charge in [-0.2, -0.15) is 0 Å². The number of ether oxygens (including phenoxy) is 1. The third-order valence-corrected chi connectivity index (χ3v) is 4.82. The van der Waals surface area contributed by atoms with E-state index in [1.807, 2.05) is 25.1 Å². The Labute approximate surface area is 180 Å². The van der Waals surface area contributed by atoms with E-state index >= 15 is 0 Å². The van der Waals surface area contributed by atoms with Crippen molar-refractivity contribution in [3.63, 3.8) is 0 Å². The van der Waals surface area contributed by atoms with Crippen LogP contribution in [0.15, 0.2) is 42.5 Å². The van der Waals surface area contributed by atoms with Crippen LogP contribution < -0.4 is 10.1 Å². The molecule has 0 spiro atoms. The number of piperazine rings is 1. The Kier molecular flexibility index (Phi) is 9.37. The lowest BCUT2D eigenvalue weighted by atomic mass is 9.93. The van der Waals surface area contributed by atoms with E-state index in [1.165, 1.54) is 12.1 Å². The van der Waals surface area contributed by atoms with Crippen LogP contribution in [0.1, 0.15) is 22.7 Å². The predicted octanol–water partition coefficient (Wildman–Crippen LogP) is 5.39. The lowest BCUT2D eigenvalue weighted by Gasteiger charge is -2.36. The van der Waals surface area contributed by atoms with Crippen LogP contribution in [-0.2, 0) is 0 Å². The fourth-order valence-corrected chi connectivity index (χ4v) is 3.67. The Bertz CT molecular complexity index is 731. The van der Waals surface area contributed by atoms with Crippen LogP contribution >= 0.6 is 36.4 Å². The molecular formula is C19H22Cl3F3N2O. The molecule has 0 bridgehead atoms. The molecule has 156 valence electrons. The molecule has 2 aromatic rings. The van der Waals surface area contributed by atoms with E-state index in [4.69, 9.17) is 11.6 Å². The number of hydrogen-bond donors (Lipinski definition) is 1. The molecule has 9 heteroatoms. The van der Waals surface area contributed by atoms with Gasteiger partial charge in [-0.1, -0.05) is 35.9 Å². The fourth-order valence-electron chi connectivity index (χ4n) is 3.34. The molecule has 1 saturated heterocycles. The highest BCUT2D eigenvalue weighted by atomic mass is 35.5. The van der Waals surface area contributed by atoms with Crippen molar-refractivity contribution < 1.29 is 17.9 Å². The molecule has 0 saturated carbocycles. The average Bonchev–Trinajstić information content (AvgIpc) is 2.59. The molecule has 0 aliphatic carbocycles. The Balaban J connectivity index is 0.00000196. The summed E-state index contributed by atoms with van der Waals surface area (Å²) in [4.78, 5) is 2.30. The molecule has 1 fully saturated rings. The second kappa shape index (κ2) is 10.6. The highest BCUT2D eigenvalue weighted by Gasteiger charge is 2.31. The maximum atomic E-state index is 12.4. The van der Waals surface area contributed by atoms with Crippen molar-refractivity contribution in [3.05, 3.63) is 64.2 Å². The summed E-state index contributed by atoms with van der Waals surface area (Å²) < 4.78 is 41.2. The van der Waals surface area contributed by atoms with Gasteiger partial charge in [0.15, 0.2) is 0 Å². The number of hydrogen-bond acceptors (Lipinski definition) is 3. The van der Waals surface area contributed by atoms with E-state index in [9.17, 15) is 13.2 Å². The Morgan fingerprint density at radius 3 is 2.18 bits per heavy atom. The van der Waals surface area contributed by atoms with Crippen molar-refractivity contribution in [2.75, 3.05) is 26.2 Å². The Morgan fingerprint density at radius 2 is 1.64 bits per heavy atom. The number of rotatable bonds is 4. The fraction of sp³-hybridized carbons (Fsp3) is 0.368. The van der Waals surface area contributed by atoms with Crippen LogP contribution in [-0.4, -0.2) is 37.4 Å². The van der Waals surface area contributed by atoms with Crippen molar-refractivity contribution in [3.8, 4) is 5.75 Å². The van der Waals surface area contributed by atoms with E-state index < -0.39 is 6.36 Å². The first kappa shape index (κ1) is 24.9.